The Morgan fingerprint density at radius 1 is 1.15 bits per heavy atom. The number of nitrogens with one attached hydrogen (secondary N) is 1. The summed E-state index contributed by atoms with van der Waals surface area (Å²) in [7, 11) is 0. The van der Waals surface area contributed by atoms with Gasteiger partial charge >= 0.3 is 0 Å². The first-order valence-electron chi connectivity index (χ1n) is 17.4. The Labute approximate surface area is 275 Å². The summed E-state index contributed by atoms with van der Waals surface area (Å²) in [6.45, 7) is 19.4. The Kier molecular flexibility index (Phi) is 5.20. The smallest absolute Gasteiger partial charge is 0.111 e. The average molecular weight is 648 g/mol. The summed E-state index contributed by atoms with van der Waals surface area (Å²) in [5.41, 5.74) is 3.19. The van der Waals surface area contributed by atoms with E-state index in [4.69, 9.17) is 25.8 Å². The maximum Gasteiger partial charge on any atom is 0.111 e. The number of aliphatic hydroxyl groups excluding tert-OH is 2. The van der Waals surface area contributed by atoms with Crippen molar-refractivity contribution in [1.29, 1.82) is 0 Å². The maximum atomic E-state index is 12.8. The van der Waals surface area contributed by atoms with Crippen LogP contribution in [-0.2, 0) is 31.6 Å². The molecule has 0 radical (unpaired) electrons. The van der Waals surface area contributed by atoms with Crippen LogP contribution in [0.3, 0.4) is 0 Å². The molecular formula is C38H46ClNO6. The fourth-order valence-electron chi connectivity index (χ4n) is 13.6. The summed E-state index contributed by atoms with van der Waals surface area (Å²) < 4.78 is 21.1. The Morgan fingerprint density at radius 2 is 1.91 bits per heavy atom. The van der Waals surface area contributed by atoms with Gasteiger partial charge in [0.15, 0.2) is 0 Å². The van der Waals surface area contributed by atoms with Gasteiger partial charge in [-0.1, -0.05) is 44.2 Å². The van der Waals surface area contributed by atoms with Gasteiger partial charge in [0.2, 0.25) is 0 Å². The van der Waals surface area contributed by atoms with Crippen molar-refractivity contribution in [1.82, 2.24) is 4.98 Å². The first-order chi connectivity index (χ1) is 21.6. The number of halogens is 1. The van der Waals surface area contributed by atoms with Crippen LogP contribution in [0.4, 0.5) is 0 Å². The molecule has 1 aromatic heterocycles. The zero-order valence-corrected chi connectivity index (χ0v) is 28.3. The first kappa shape index (κ1) is 29.2. The highest BCUT2D eigenvalue weighted by molar-refractivity contribution is 6.32. The molecule has 0 amide bonds. The lowest BCUT2D eigenvalue weighted by Gasteiger charge is -2.80. The van der Waals surface area contributed by atoms with Gasteiger partial charge in [0.1, 0.15) is 23.9 Å². The molecule has 5 fully saturated rings. The van der Waals surface area contributed by atoms with Gasteiger partial charge in [0.25, 0.3) is 0 Å². The maximum absolute atomic E-state index is 12.8. The van der Waals surface area contributed by atoms with Gasteiger partial charge in [0.05, 0.1) is 35.4 Å². The summed E-state index contributed by atoms with van der Waals surface area (Å²) in [5, 5.41) is 37.5. The van der Waals surface area contributed by atoms with E-state index in [0.717, 1.165) is 71.0 Å². The number of hydrogen-bond acceptors (Lipinski definition) is 6. The fourth-order valence-corrected chi connectivity index (χ4v) is 13.9. The Hall–Kier alpha value is -1.71. The molecule has 246 valence electrons. The molecule has 0 bridgehead atoms. The minimum Gasteiger partial charge on any atom is -0.395 e. The van der Waals surface area contributed by atoms with Crippen LogP contribution in [0.15, 0.2) is 30.4 Å². The summed E-state index contributed by atoms with van der Waals surface area (Å²) in [6.07, 6.45) is 2.43. The summed E-state index contributed by atoms with van der Waals surface area (Å²) in [6, 6.07) is 2.05. The molecule has 8 heteroatoms. The van der Waals surface area contributed by atoms with Crippen molar-refractivity contribution < 1.29 is 29.5 Å². The van der Waals surface area contributed by atoms with E-state index in [0.29, 0.717) is 11.4 Å². The molecule has 1 spiro atoms. The molecule has 10 rings (SSSR count). The highest BCUT2D eigenvalue weighted by Gasteiger charge is 2.86. The number of hydrogen-bond donors (Lipinski definition) is 4. The lowest BCUT2D eigenvalue weighted by atomic mass is 9.34. The largest absolute Gasteiger partial charge is 0.395 e. The van der Waals surface area contributed by atoms with Crippen LogP contribution in [0, 0.1) is 28.6 Å². The SMILES string of the molecule is C=C(C)C1OC2CCC3(C)C4(C)c5[nH]c6cc(Cl)c7c8c6c5C(OC(C)(C)C5CC(C(=C)C7)C85O)C4CCC34OC(C1O)C24CO. The Morgan fingerprint density at radius 3 is 2.63 bits per heavy atom. The fraction of sp³-hybridized carbons (Fsp3) is 0.684. The second-order valence-electron chi connectivity index (χ2n) is 17.4. The lowest BCUT2D eigenvalue weighted by Crippen LogP contribution is -2.89. The van der Waals surface area contributed by atoms with Crippen molar-refractivity contribution in [2.24, 2.45) is 28.6 Å². The van der Waals surface area contributed by atoms with Crippen LogP contribution in [-0.4, -0.2) is 62.5 Å². The third-order valence-corrected chi connectivity index (χ3v) is 16.1. The molecule has 2 aromatic rings. The second-order valence-corrected chi connectivity index (χ2v) is 17.8. The number of ether oxygens (including phenoxy) is 3. The minimum atomic E-state index is -1.09. The van der Waals surface area contributed by atoms with Crippen LogP contribution in [0.2, 0.25) is 5.02 Å². The molecule has 7 nitrogen and oxygen atoms in total. The number of aromatic amines is 1. The molecule has 46 heavy (non-hydrogen) atoms. The number of aliphatic hydroxyl groups is 3. The van der Waals surface area contributed by atoms with Gasteiger partial charge in [0, 0.05) is 55.8 Å². The van der Waals surface area contributed by atoms with Gasteiger partial charge in [-0.2, -0.15) is 0 Å². The highest BCUT2D eigenvalue weighted by Crippen LogP contribution is 2.80. The molecule has 4 N–H and O–H groups in total. The molecule has 5 aliphatic carbocycles. The molecule has 3 aliphatic heterocycles. The molecule has 13 atom stereocenters. The van der Waals surface area contributed by atoms with E-state index in [2.05, 4.69) is 45.8 Å². The van der Waals surface area contributed by atoms with Gasteiger partial charge in [-0.25, -0.2) is 0 Å². The van der Waals surface area contributed by atoms with Gasteiger partial charge < -0.3 is 34.5 Å². The van der Waals surface area contributed by atoms with Crippen LogP contribution >= 0.6 is 11.6 Å². The summed E-state index contributed by atoms with van der Waals surface area (Å²) in [5.74, 6) is 0.0577. The predicted molar refractivity (Wildman–Crippen MR) is 174 cm³/mol. The van der Waals surface area contributed by atoms with Crippen LogP contribution in [0.25, 0.3) is 10.9 Å². The lowest BCUT2D eigenvalue weighted by molar-refractivity contribution is -0.471. The van der Waals surface area contributed by atoms with E-state index < -0.39 is 51.4 Å². The van der Waals surface area contributed by atoms with E-state index >= 15 is 0 Å². The third kappa shape index (κ3) is 2.61. The van der Waals surface area contributed by atoms with Gasteiger partial charge in [-0.3, -0.25) is 0 Å². The highest BCUT2D eigenvalue weighted by atomic mass is 35.5. The van der Waals surface area contributed by atoms with Crippen molar-refractivity contribution in [3.8, 4) is 0 Å². The number of rotatable bonds is 2. The zero-order chi connectivity index (χ0) is 32.3. The Balaban J connectivity index is 1.22. The zero-order valence-electron chi connectivity index (χ0n) is 27.5. The number of H-pyrrole nitrogens is 1. The third-order valence-electron chi connectivity index (χ3n) is 15.8. The van der Waals surface area contributed by atoms with Crippen molar-refractivity contribution in [3.63, 3.8) is 0 Å². The monoisotopic (exact) mass is 647 g/mol. The van der Waals surface area contributed by atoms with Crippen molar-refractivity contribution in [3.05, 3.63) is 57.8 Å². The molecule has 3 saturated carbocycles. The molecule has 4 heterocycles. The quantitative estimate of drug-likeness (QED) is 0.302. The van der Waals surface area contributed by atoms with Crippen LogP contribution in [0.1, 0.15) is 95.2 Å². The second kappa shape index (κ2) is 8.18. The van der Waals surface area contributed by atoms with E-state index in [1.807, 2.05) is 13.0 Å². The van der Waals surface area contributed by atoms with E-state index in [1.165, 1.54) is 5.56 Å². The summed E-state index contributed by atoms with van der Waals surface area (Å²) >= 11 is 7.09. The van der Waals surface area contributed by atoms with Crippen molar-refractivity contribution in [2.75, 3.05) is 6.61 Å². The molecule has 8 aliphatic rings. The standard InChI is InChI=1S/C38H46ClNO6/c1-16(2)29-28(42)32-36(15-41)24(44-29)9-10-34(6)35(7)19(8-11-37(34,36)46-32)30-26-25-22(40-31(26)35)14-21(39)18-12-17(3)20-13-23(33(4,5)45-30)38(20,43)27(18)25/h14,19-20,23-24,28-30,32,40-43H,1,3,8-13,15H2,2,4-7H3. The first-order valence-corrected chi connectivity index (χ1v) is 17.7. The van der Waals surface area contributed by atoms with E-state index in [1.54, 1.807) is 0 Å². The van der Waals surface area contributed by atoms with Crippen molar-refractivity contribution >= 4 is 22.5 Å². The molecule has 1 aromatic carbocycles. The normalized spacial score (nSPS) is 51.6. The van der Waals surface area contributed by atoms with Crippen molar-refractivity contribution in [2.45, 2.75) is 126 Å². The van der Waals surface area contributed by atoms with Crippen LogP contribution in [0.5, 0.6) is 0 Å². The van der Waals surface area contributed by atoms with Gasteiger partial charge in [-0.05, 0) is 82.1 Å². The van der Waals surface area contributed by atoms with Crippen LogP contribution < -0.4 is 0 Å². The summed E-state index contributed by atoms with van der Waals surface area (Å²) in [4.78, 5) is 3.92. The molecular weight excluding hydrogens is 602 g/mol. The van der Waals surface area contributed by atoms with E-state index in [-0.39, 0.29) is 36.6 Å². The molecule has 2 saturated heterocycles. The number of benzene rings is 1. The Bertz CT molecular complexity index is 1810. The van der Waals surface area contributed by atoms with Gasteiger partial charge in [-0.15, -0.1) is 0 Å². The predicted octanol–water partition coefficient (Wildman–Crippen LogP) is 5.91. The average Bonchev–Trinajstić information content (AvgIpc) is 3.44. The molecule has 13 unspecified atom stereocenters. The topological polar surface area (TPSA) is 104 Å². The van der Waals surface area contributed by atoms with E-state index in [9.17, 15) is 15.3 Å². The number of fused-ring (bicyclic) bond motifs is 4. The minimum absolute atomic E-state index is 0.0162. The number of aromatic nitrogens is 1.